The largest absolute Gasteiger partial charge is 0.207 e. The van der Waals surface area contributed by atoms with E-state index in [-0.39, 0.29) is 5.82 Å². The van der Waals surface area contributed by atoms with Gasteiger partial charge in [0.25, 0.3) is 0 Å². The summed E-state index contributed by atoms with van der Waals surface area (Å²) in [6, 6.07) is 4.52. The quantitative estimate of drug-likeness (QED) is 0.604. The highest BCUT2D eigenvalue weighted by Crippen LogP contribution is 2.13. The molecule has 1 heteroatoms. The Morgan fingerprint density at radius 2 is 1.73 bits per heavy atom. The first-order valence-corrected chi connectivity index (χ1v) is 3.32. The summed E-state index contributed by atoms with van der Waals surface area (Å²) in [5.74, 6) is -0.245. The summed E-state index contributed by atoms with van der Waals surface area (Å²) < 4.78 is 12.6. The predicted octanol–water partition coefficient (Wildman–Crippen LogP) is 3.11. The van der Waals surface area contributed by atoms with Crippen molar-refractivity contribution in [3.8, 4) is 0 Å². The molecule has 0 unspecified atom stereocenters. The third-order valence-corrected chi connectivity index (χ3v) is 1.49. The molecule has 0 nitrogen and oxygen atoms in total. The van der Waals surface area contributed by atoms with Crippen molar-refractivity contribution < 1.29 is 4.39 Å². The molecule has 0 saturated heterocycles. The van der Waals surface area contributed by atoms with Gasteiger partial charge in [-0.05, 0) is 23.3 Å². The molecule has 0 fully saturated rings. The summed E-state index contributed by atoms with van der Waals surface area (Å²) in [6.07, 6.45) is 3.29. The standard InChI is InChI=1S/C10H9F/c1-3-8-5-6-10(11)7-9(8)4-2/h3-7H,1-2H2. The highest BCUT2D eigenvalue weighted by molar-refractivity contribution is 5.63. The van der Waals surface area contributed by atoms with Crippen LogP contribution in [0, 0.1) is 5.82 Å². The third-order valence-electron chi connectivity index (χ3n) is 1.49. The van der Waals surface area contributed by atoms with Crippen LogP contribution >= 0.6 is 0 Å². The number of benzene rings is 1. The molecule has 0 heterocycles. The lowest BCUT2D eigenvalue weighted by Crippen LogP contribution is -1.81. The van der Waals surface area contributed by atoms with E-state index in [1.165, 1.54) is 12.1 Å². The van der Waals surface area contributed by atoms with Crippen LogP contribution in [0.3, 0.4) is 0 Å². The van der Waals surface area contributed by atoms with Crippen LogP contribution in [0.1, 0.15) is 11.1 Å². The highest BCUT2D eigenvalue weighted by atomic mass is 19.1. The zero-order chi connectivity index (χ0) is 8.27. The van der Waals surface area contributed by atoms with Crippen LogP contribution in [0.25, 0.3) is 12.2 Å². The van der Waals surface area contributed by atoms with Crippen LogP contribution in [0.5, 0.6) is 0 Å². The van der Waals surface area contributed by atoms with Gasteiger partial charge >= 0.3 is 0 Å². The summed E-state index contributed by atoms with van der Waals surface area (Å²) in [5, 5.41) is 0. The molecule has 0 radical (unpaired) electrons. The van der Waals surface area contributed by atoms with Crippen molar-refractivity contribution in [2.24, 2.45) is 0 Å². The van der Waals surface area contributed by atoms with E-state index in [0.29, 0.717) is 0 Å². The molecule has 0 atom stereocenters. The van der Waals surface area contributed by atoms with Gasteiger partial charge in [0, 0.05) is 0 Å². The van der Waals surface area contributed by atoms with Crippen molar-refractivity contribution >= 4 is 12.2 Å². The minimum atomic E-state index is -0.245. The Morgan fingerprint density at radius 1 is 1.09 bits per heavy atom. The molecule has 0 saturated carbocycles. The van der Waals surface area contributed by atoms with E-state index < -0.39 is 0 Å². The molecule has 0 aliphatic carbocycles. The van der Waals surface area contributed by atoms with Gasteiger partial charge in [0.15, 0.2) is 0 Å². The van der Waals surface area contributed by atoms with Crippen molar-refractivity contribution in [3.63, 3.8) is 0 Å². The van der Waals surface area contributed by atoms with Gasteiger partial charge in [0.2, 0.25) is 0 Å². The first-order chi connectivity index (χ1) is 5.27. The summed E-state index contributed by atoms with van der Waals surface area (Å²) >= 11 is 0. The van der Waals surface area contributed by atoms with Crippen LogP contribution in [0.4, 0.5) is 4.39 Å². The van der Waals surface area contributed by atoms with Crippen molar-refractivity contribution in [1.82, 2.24) is 0 Å². The zero-order valence-corrected chi connectivity index (χ0v) is 6.18. The van der Waals surface area contributed by atoms with Gasteiger partial charge in [-0.15, -0.1) is 0 Å². The summed E-state index contributed by atoms with van der Waals surface area (Å²) in [7, 11) is 0. The van der Waals surface area contributed by atoms with Crippen LogP contribution in [-0.4, -0.2) is 0 Å². The summed E-state index contributed by atoms with van der Waals surface area (Å²) in [6.45, 7) is 7.17. The van der Waals surface area contributed by atoms with E-state index in [4.69, 9.17) is 0 Å². The molecule has 1 aromatic carbocycles. The molecule has 0 N–H and O–H groups in total. The first-order valence-electron chi connectivity index (χ1n) is 3.32. The number of halogens is 1. The van der Waals surface area contributed by atoms with Gasteiger partial charge in [-0.3, -0.25) is 0 Å². The minimum Gasteiger partial charge on any atom is -0.207 e. The maximum atomic E-state index is 12.6. The van der Waals surface area contributed by atoms with Crippen molar-refractivity contribution in [2.45, 2.75) is 0 Å². The molecular weight excluding hydrogens is 139 g/mol. The van der Waals surface area contributed by atoms with Gasteiger partial charge in [-0.1, -0.05) is 31.4 Å². The summed E-state index contributed by atoms with van der Waals surface area (Å²) in [4.78, 5) is 0. The smallest absolute Gasteiger partial charge is 0.123 e. The maximum Gasteiger partial charge on any atom is 0.123 e. The number of hydrogen-bond donors (Lipinski definition) is 0. The summed E-state index contributed by atoms with van der Waals surface area (Å²) in [5.41, 5.74) is 1.68. The van der Waals surface area contributed by atoms with Gasteiger partial charge < -0.3 is 0 Å². The third kappa shape index (κ3) is 1.55. The lowest BCUT2D eigenvalue weighted by atomic mass is 10.1. The van der Waals surface area contributed by atoms with E-state index in [9.17, 15) is 4.39 Å². The normalized spacial score (nSPS) is 9.18. The Balaban J connectivity index is 3.26. The molecule has 1 rings (SSSR count). The zero-order valence-electron chi connectivity index (χ0n) is 6.18. The molecule has 0 aliphatic rings. The average Bonchev–Trinajstić information content (AvgIpc) is 2.04. The number of hydrogen-bond acceptors (Lipinski definition) is 0. The predicted molar refractivity (Wildman–Crippen MR) is 46.6 cm³/mol. The molecule has 0 spiro atoms. The van der Waals surface area contributed by atoms with Crippen molar-refractivity contribution in [1.29, 1.82) is 0 Å². The molecule has 0 aromatic heterocycles. The second-order valence-electron chi connectivity index (χ2n) is 2.18. The van der Waals surface area contributed by atoms with Crippen LogP contribution in [0.15, 0.2) is 31.4 Å². The van der Waals surface area contributed by atoms with Crippen LogP contribution < -0.4 is 0 Å². The van der Waals surface area contributed by atoms with Crippen molar-refractivity contribution in [2.75, 3.05) is 0 Å². The van der Waals surface area contributed by atoms with E-state index in [1.807, 2.05) is 0 Å². The molecule has 0 aliphatic heterocycles. The van der Waals surface area contributed by atoms with Gasteiger partial charge in [0.1, 0.15) is 5.82 Å². The maximum absolute atomic E-state index is 12.6. The fourth-order valence-corrected chi connectivity index (χ4v) is 0.908. The number of rotatable bonds is 2. The molecule has 0 amide bonds. The van der Waals surface area contributed by atoms with Gasteiger partial charge in [0.05, 0.1) is 0 Å². The molecule has 0 bridgehead atoms. The fraction of sp³-hybridized carbons (Fsp3) is 0. The Labute approximate surface area is 65.7 Å². The fourth-order valence-electron chi connectivity index (χ4n) is 0.908. The monoisotopic (exact) mass is 148 g/mol. The molecule has 1 aromatic rings. The minimum absolute atomic E-state index is 0.245. The average molecular weight is 148 g/mol. The topological polar surface area (TPSA) is 0 Å². The van der Waals surface area contributed by atoms with E-state index >= 15 is 0 Å². The van der Waals surface area contributed by atoms with Crippen LogP contribution in [-0.2, 0) is 0 Å². The van der Waals surface area contributed by atoms with E-state index in [2.05, 4.69) is 13.2 Å². The highest BCUT2D eigenvalue weighted by Gasteiger charge is 1.95. The Bertz CT molecular complexity index is 287. The molecular formula is C10H9F. The van der Waals surface area contributed by atoms with Gasteiger partial charge in [-0.2, -0.15) is 0 Å². The first kappa shape index (κ1) is 7.73. The lowest BCUT2D eigenvalue weighted by Gasteiger charge is -1.98. The Hall–Kier alpha value is -1.37. The Kier molecular flexibility index (Phi) is 2.21. The molecule has 11 heavy (non-hydrogen) atoms. The second-order valence-corrected chi connectivity index (χ2v) is 2.18. The van der Waals surface area contributed by atoms with E-state index in [1.54, 1.807) is 18.2 Å². The van der Waals surface area contributed by atoms with Crippen LogP contribution in [0.2, 0.25) is 0 Å². The Morgan fingerprint density at radius 3 is 2.27 bits per heavy atom. The second kappa shape index (κ2) is 3.15. The van der Waals surface area contributed by atoms with Crippen molar-refractivity contribution in [3.05, 3.63) is 48.3 Å². The van der Waals surface area contributed by atoms with E-state index in [0.717, 1.165) is 11.1 Å². The lowest BCUT2D eigenvalue weighted by molar-refractivity contribution is 0.627. The van der Waals surface area contributed by atoms with Gasteiger partial charge in [-0.25, -0.2) is 4.39 Å². The SMILES string of the molecule is C=Cc1ccc(F)cc1C=C. The molecule has 56 valence electrons.